The van der Waals surface area contributed by atoms with Gasteiger partial charge in [-0.1, -0.05) is 6.92 Å². The summed E-state index contributed by atoms with van der Waals surface area (Å²) in [7, 11) is 0. The highest BCUT2D eigenvalue weighted by Gasteiger charge is 2.38. The van der Waals surface area contributed by atoms with Crippen LogP contribution in [0, 0.1) is 24.5 Å². The lowest BCUT2D eigenvalue weighted by Crippen LogP contribution is -2.37. The molecule has 1 fully saturated rings. The molecule has 1 aromatic carbocycles. The quantitative estimate of drug-likeness (QED) is 0.758. The van der Waals surface area contributed by atoms with Gasteiger partial charge in [-0.3, -0.25) is 0 Å². The molecule has 0 bridgehead atoms. The van der Waals surface area contributed by atoms with E-state index in [-0.39, 0.29) is 29.6 Å². The van der Waals surface area contributed by atoms with Gasteiger partial charge in [-0.05, 0) is 48.4 Å². The summed E-state index contributed by atoms with van der Waals surface area (Å²) in [6.45, 7) is 3.40. The van der Waals surface area contributed by atoms with Gasteiger partial charge in [0.1, 0.15) is 11.6 Å². The summed E-state index contributed by atoms with van der Waals surface area (Å²) in [5, 5.41) is 9.35. The molecule has 0 spiro atoms. The molecule has 3 atom stereocenters. The highest BCUT2D eigenvalue weighted by atomic mass is 19.1. The number of halogens is 2. The van der Waals surface area contributed by atoms with Crippen molar-refractivity contribution in [1.82, 2.24) is 0 Å². The van der Waals surface area contributed by atoms with E-state index >= 15 is 0 Å². The van der Waals surface area contributed by atoms with Crippen molar-refractivity contribution in [3.05, 3.63) is 34.9 Å². The van der Waals surface area contributed by atoms with E-state index in [0.717, 1.165) is 0 Å². The second-order valence-corrected chi connectivity index (χ2v) is 4.39. The molecule has 1 nitrogen and oxygen atoms in total. The average molecular weight is 212 g/mol. The predicted molar refractivity (Wildman–Crippen MR) is 53.6 cm³/mol. The third kappa shape index (κ3) is 1.65. The Bertz CT molecular complexity index is 389. The van der Waals surface area contributed by atoms with E-state index in [1.165, 1.54) is 12.1 Å². The standard InChI is InChI=1S/C12H14F2O/c1-6-3-11(14)9(4-10(6)13)8-5-12(15)7(8)2/h3-4,7-8,12,15H,5H2,1-2H3. The topological polar surface area (TPSA) is 20.2 Å². The van der Waals surface area contributed by atoms with Crippen LogP contribution in [0.1, 0.15) is 30.4 Å². The fraction of sp³-hybridized carbons (Fsp3) is 0.500. The van der Waals surface area contributed by atoms with Gasteiger partial charge in [-0.15, -0.1) is 0 Å². The molecule has 1 aliphatic carbocycles. The number of hydrogen-bond acceptors (Lipinski definition) is 1. The summed E-state index contributed by atoms with van der Waals surface area (Å²) in [5.74, 6) is -0.769. The highest BCUT2D eigenvalue weighted by molar-refractivity contribution is 5.30. The van der Waals surface area contributed by atoms with E-state index in [1.54, 1.807) is 6.92 Å². The zero-order chi connectivity index (χ0) is 11.2. The van der Waals surface area contributed by atoms with Gasteiger partial charge in [-0.2, -0.15) is 0 Å². The zero-order valence-corrected chi connectivity index (χ0v) is 8.80. The van der Waals surface area contributed by atoms with Crippen molar-refractivity contribution in [3.63, 3.8) is 0 Å². The van der Waals surface area contributed by atoms with Crippen LogP contribution in [-0.4, -0.2) is 11.2 Å². The lowest BCUT2D eigenvalue weighted by Gasteiger charge is -2.39. The lowest BCUT2D eigenvalue weighted by molar-refractivity contribution is 0.0105. The minimum absolute atomic E-state index is 0.0154. The summed E-state index contributed by atoms with van der Waals surface area (Å²) in [6.07, 6.45) is 0.152. The second-order valence-electron chi connectivity index (χ2n) is 4.39. The zero-order valence-electron chi connectivity index (χ0n) is 8.80. The van der Waals surface area contributed by atoms with Crippen LogP contribution in [0.5, 0.6) is 0 Å². The summed E-state index contributed by atoms with van der Waals surface area (Å²) in [4.78, 5) is 0. The SMILES string of the molecule is Cc1cc(F)c(C2CC(O)C2C)cc1F. The van der Waals surface area contributed by atoms with Crippen LogP contribution in [-0.2, 0) is 0 Å². The number of aryl methyl sites for hydroxylation is 1. The number of aliphatic hydroxyl groups is 1. The highest BCUT2D eigenvalue weighted by Crippen LogP contribution is 2.43. The molecule has 3 heteroatoms. The van der Waals surface area contributed by atoms with Crippen LogP contribution in [0.15, 0.2) is 12.1 Å². The van der Waals surface area contributed by atoms with Crippen molar-refractivity contribution in [2.24, 2.45) is 5.92 Å². The van der Waals surface area contributed by atoms with Gasteiger partial charge >= 0.3 is 0 Å². The predicted octanol–water partition coefficient (Wildman–Crippen LogP) is 2.76. The molecule has 1 saturated carbocycles. The molecule has 0 aromatic heterocycles. The third-order valence-electron chi connectivity index (χ3n) is 3.41. The fourth-order valence-corrected chi connectivity index (χ4v) is 2.12. The second kappa shape index (κ2) is 3.56. The third-order valence-corrected chi connectivity index (χ3v) is 3.41. The number of hydrogen-bond donors (Lipinski definition) is 1. The Balaban J connectivity index is 2.33. The number of rotatable bonds is 1. The molecule has 1 aliphatic rings. The van der Waals surface area contributed by atoms with Crippen LogP contribution < -0.4 is 0 Å². The van der Waals surface area contributed by atoms with Crippen LogP contribution in [0.25, 0.3) is 0 Å². The van der Waals surface area contributed by atoms with Gasteiger partial charge in [0.15, 0.2) is 0 Å². The summed E-state index contributed by atoms with van der Waals surface area (Å²) >= 11 is 0. The molecular formula is C12H14F2O. The van der Waals surface area contributed by atoms with Crippen molar-refractivity contribution < 1.29 is 13.9 Å². The summed E-state index contributed by atoms with van der Waals surface area (Å²) < 4.78 is 26.8. The molecule has 1 aromatic rings. The first-order valence-corrected chi connectivity index (χ1v) is 5.14. The van der Waals surface area contributed by atoms with E-state index < -0.39 is 0 Å². The largest absolute Gasteiger partial charge is 0.393 e. The van der Waals surface area contributed by atoms with Crippen molar-refractivity contribution in [1.29, 1.82) is 0 Å². The molecule has 0 heterocycles. The Morgan fingerprint density at radius 2 is 1.93 bits per heavy atom. The van der Waals surface area contributed by atoms with Crippen LogP contribution >= 0.6 is 0 Å². The Morgan fingerprint density at radius 3 is 2.47 bits per heavy atom. The maximum absolute atomic E-state index is 13.6. The van der Waals surface area contributed by atoms with Gasteiger partial charge in [-0.25, -0.2) is 8.78 Å². The Labute approximate surface area is 87.7 Å². The van der Waals surface area contributed by atoms with Crippen LogP contribution in [0.4, 0.5) is 8.78 Å². The molecule has 0 aliphatic heterocycles. The van der Waals surface area contributed by atoms with Gasteiger partial charge in [0.2, 0.25) is 0 Å². The Morgan fingerprint density at radius 1 is 1.27 bits per heavy atom. The molecule has 0 saturated heterocycles. The van der Waals surface area contributed by atoms with E-state index in [9.17, 15) is 13.9 Å². The minimum atomic E-state index is -0.376. The van der Waals surface area contributed by atoms with Gasteiger partial charge < -0.3 is 5.11 Å². The molecular weight excluding hydrogens is 198 g/mol. The fourth-order valence-electron chi connectivity index (χ4n) is 2.12. The molecule has 82 valence electrons. The number of benzene rings is 1. The van der Waals surface area contributed by atoms with Gasteiger partial charge in [0.25, 0.3) is 0 Å². The van der Waals surface area contributed by atoms with Crippen molar-refractivity contribution in [3.8, 4) is 0 Å². The normalized spacial score (nSPS) is 30.1. The van der Waals surface area contributed by atoms with Gasteiger partial charge in [0.05, 0.1) is 6.10 Å². The molecule has 0 amide bonds. The van der Waals surface area contributed by atoms with E-state index in [4.69, 9.17) is 0 Å². The molecule has 1 N–H and O–H groups in total. The van der Waals surface area contributed by atoms with Crippen LogP contribution in [0.3, 0.4) is 0 Å². The van der Waals surface area contributed by atoms with Crippen molar-refractivity contribution in [2.75, 3.05) is 0 Å². The lowest BCUT2D eigenvalue weighted by atomic mass is 9.68. The maximum atomic E-state index is 13.6. The average Bonchev–Trinajstić information content (AvgIpc) is 2.20. The van der Waals surface area contributed by atoms with E-state index in [2.05, 4.69) is 0 Å². The summed E-state index contributed by atoms with van der Waals surface area (Å²) in [6, 6.07) is 2.49. The van der Waals surface area contributed by atoms with Crippen molar-refractivity contribution >= 4 is 0 Å². The van der Waals surface area contributed by atoms with Crippen LogP contribution in [0.2, 0.25) is 0 Å². The first kappa shape index (κ1) is 10.6. The van der Waals surface area contributed by atoms with E-state index in [1.807, 2.05) is 6.92 Å². The smallest absolute Gasteiger partial charge is 0.127 e. The Kier molecular flexibility index (Phi) is 2.51. The van der Waals surface area contributed by atoms with Crippen molar-refractivity contribution in [2.45, 2.75) is 32.3 Å². The first-order valence-electron chi connectivity index (χ1n) is 5.14. The summed E-state index contributed by atoms with van der Waals surface area (Å²) in [5.41, 5.74) is 0.722. The Hall–Kier alpha value is -0.960. The first-order chi connectivity index (χ1) is 7.00. The molecule has 15 heavy (non-hydrogen) atoms. The molecule has 3 unspecified atom stereocenters. The maximum Gasteiger partial charge on any atom is 0.127 e. The number of aliphatic hydroxyl groups excluding tert-OH is 1. The van der Waals surface area contributed by atoms with Gasteiger partial charge in [0, 0.05) is 0 Å². The van der Waals surface area contributed by atoms with E-state index in [0.29, 0.717) is 17.5 Å². The molecule has 2 rings (SSSR count). The minimum Gasteiger partial charge on any atom is -0.393 e. The molecule has 0 radical (unpaired) electrons. The monoisotopic (exact) mass is 212 g/mol.